The van der Waals surface area contributed by atoms with Crippen LogP contribution in [0.15, 0.2) is 11.4 Å². The summed E-state index contributed by atoms with van der Waals surface area (Å²) in [6.07, 6.45) is 3.87. The molecule has 0 unspecified atom stereocenters. The monoisotopic (exact) mass is 305 g/mol. The number of nitrogens with zero attached hydrogens (tertiary/aromatic N) is 1. The first-order chi connectivity index (χ1) is 8.56. The smallest absolute Gasteiger partial charge is 0.324 e. The molecule has 0 aromatic carbocycles. The first-order valence-electron chi connectivity index (χ1n) is 5.82. The molecule has 19 heavy (non-hydrogen) atoms. The number of carbonyl (C=O) groups is 1. The SMILES string of the molecule is Cl.NCC1(NC(=O)c2csc([N+](=O)[O-])c2)CCCC1. The molecule has 1 fully saturated rings. The maximum atomic E-state index is 12.0. The van der Waals surface area contributed by atoms with Crippen molar-refractivity contribution < 1.29 is 9.72 Å². The van der Waals surface area contributed by atoms with Crippen LogP contribution in [0.4, 0.5) is 5.00 Å². The number of hydrogen-bond acceptors (Lipinski definition) is 5. The third-order valence-electron chi connectivity index (χ3n) is 3.36. The molecule has 6 nitrogen and oxygen atoms in total. The van der Waals surface area contributed by atoms with Crippen LogP contribution >= 0.6 is 23.7 Å². The van der Waals surface area contributed by atoms with E-state index in [4.69, 9.17) is 5.73 Å². The Hall–Kier alpha value is -1.18. The summed E-state index contributed by atoms with van der Waals surface area (Å²) in [5.41, 5.74) is 5.74. The highest BCUT2D eigenvalue weighted by atomic mass is 35.5. The summed E-state index contributed by atoms with van der Waals surface area (Å²) < 4.78 is 0. The summed E-state index contributed by atoms with van der Waals surface area (Å²) in [5.74, 6) is -0.272. The van der Waals surface area contributed by atoms with Crippen LogP contribution in [0.2, 0.25) is 0 Å². The molecule has 0 atom stereocenters. The molecule has 1 heterocycles. The fourth-order valence-corrected chi connectivity index (χ4v) is 2.99. The van der Waals surface area contributed by atoms with Gasteiger partial charge in [0.1, 0.15) is 0 Å². The highest BCUT2D eigenvalue weighted by Crippen LogP contribution is 2.29. The molecular weight excluding hydrogens is 290 g/mol. The van der Waals surface area contributed by atoms with Crippen LogP contribution < -0.4 is 11.1 Å². The number of rotatable bonds is 4. The van der Waals surface area contributed by atoms with Gasteiger partial charge >= 0.3 is 5.00 Å². The molecule has 1 saturated carbocycles. The van der Waals surface area contributed by atoms with Gasteiger partial charge in [0.2, 0.25) is 0 Å². The molecule has 0 saturated heterocycles. The van der Waals surface area contributed by atoms with Gasteiger partial charge in [-0.1, -0.05) is 24.2 Å². The summed E-state index contributed by atoms with van der Waals surface area (Å²) in [6, 6.07) is 1.30. The minimum absolute atomic E-state index is 0. The summed E-state index contributed by atoms with van der Waals surface area (Å²) in [7, 11) is 0. The van der Waals surface area contributed by atoms with Crippen molar-refractivity contribution in [2.24, 2.45) is 5.73 Å². The molecule has 1 amide bonds. The number of nitro groups is 1. The lowest BCUT2D eigenvalue weighted by Gasteiger charge is -2.28. The number of nitrogens with one attached hydrogen (secondary N) is 1. The summed E-state index contributed by atoms with van der Waals surface area (Å²) >= 11 is 0.959. The first-order valence-corrected chi connectivity index (χ1v) is 6.70. The lowest BCUT2D eigenvalue weighted by molar-refractivity contribution is -0.380. The van der Waals surface area contributed by atoms with Crippen LogP contribution in [0.25, 0.3) is 0 Å². The minimum atomic E-state index is -0.490. The van der Waals surface area contributed by atoms with Gasteiger partial charge in [-0.2, -0.15) is 0 Å². The Morgan fingerprint density at radius 1 is 1.53 bits per heavy atom. The molecule has 1 aliphatic carbocycles. The molecule has 0 aliphatic heterocycles. The van der Waals surface area contributed by atoms with Gasteiger partial charge in [0.05, 0.1) is 16.0 Å². The van der Waals surface area contributed by atoms with Gasteiger partial charge in [-0.3, -0.25) is 14.9 Å². The Bertz CT molecular complexity index is 472. The van der Waals surface area contributed by atoms with Crippen molar-refractivity contribution in [2.75, 3.05) is 6.54 Å². The van der Waals surface area contributed by atoms with E-state index in [1.165, 1.54) is 11.4 Å². The zero-order chi connectivity index (χ0) is 13.2. The number of halogens is 1. The predicted molar refractivity (Wildman–Crippen MR) is 75.9 cm³/mol. The molecule has 1 aromatic heterocycles. The van der Waals surface area contributed by atoms with Gasteiger partial charge < -0.3 is 11.1 Å². The molecule has 0 spiro atoms. The Kier molecular flexibility index (Phi) is 5.28. The van der Waals surface area contributed by atoms with Gasteiger partial charge in [-0.05, 0) is 12.8 Å². The number of carbonyl (C=O) groups excluding carboxylic acids is 1. The predicted octanol–water partition coefficient (Wildman–Crippen LogP) is 2.08. The average Bonchev–Trinajstić information content (AvgIpc) is 2.98. The number of thiophene rings is 1. The Morgan fingerprint density at radius 3 is 2.63 bits per heavy atom. The van der Waals surface area contributed by atoms with Gasteiger partial charge in [0.25, 0.3) is 5.91 Å². The lowest BCUT2D eigenvalue weighted by Crippen LogP contribution is -2.51. The molecule has 8 heteroatoms. The van der Waals surface area contributed by atoms with Crippen molar-refractivity contribution in [3.63, 3.8) is 0 Å². The fraction of sp³-hybridized carbons (Fsp3) is 0.545. The standard InChI is InChI=1S/C11H15N3O3S.ClH/c12-7-11(3-1-2-4-11)13-10(15)8-5-9(14(16)17)18-6-8;/h5-6H,1-4,7,12H2,(H,13,15);1H. The van der Waals surface area contributed by atoms with Gasteiger partial charge in [-0.25, -0.2) is 0 Å². The molecule has 2 rings (SSSR count). The minimum Gasteiger partial charge on any atom is -0.345 e. The summed E-state index contributed by atoms with van der Waals surface area (Å²) in [4.78, 5) is 22.1. The Labute approximate surface area is 120 Å². The lowest BCUT2D eigenvalue weighted by atomic mass is 9.97. The normalized spacial score (nSPS) is 16.7. The molecule has 3 N–H and O–H groups in total. The van der Waals surface area contributed by atoms with Crippen LogP contribution in [0.5, 0.6) is 0 Å². The average molecular weight is 306 g/mol. The van der Waals surface area contributed by atoms with E-state index in [9.17, 15) is 14.9 Å². The number of amides is 1. The third-order valence-corrected chi connectivity index (χ3v) is 4.24. The van der Waals surface area contributed by atoms with Crippen molar-refractivity contribution in [3.05, 3.63) is 27.1 Å². The molecule has 0 bridgehead atoms. The Morgan fingerprint density at radius 2 is 2.16 bits per heavy atom. The van der Waals surface area contributed by atoms with Crippen molar-refractivity contribution in [3.8, 4) is 0 Å². The van der Waals surface area contributed by atoms with Crippen molar-refractivity contribution in [1.82, 2.24) is 5.32 Å². The van der Waals surface area contributed by atoms with Gasteiger partial charge in [-0.15, -0.1) is 12.4 Å². The molecule has 1 aliphatic rings. The van der Waals surface area contributed by atoms with Crippen LogP contribution in [-0.2, 0) is 0 Å². The van der Waals surface area contributed by atoms with E-state index >= 15 is 0 Å². The zero-order valence-corrected chi connectivity index (χ0v) is 11.9. The van der Waals surface area contributed by atoms with E-state index < -0.39 is 4.92 Å². The highest BCUT2D eigenvalue weighted by Gasteiger charge is 2.34. The fourth-order valence-electron chi connectivity index (χ4n) is 2.28. The van der Waals surface area contributed by atoms with Gasteiger partial charge in [0.15, 0.2) is 0 Å². The second kappa shape index (κ2) is 6.31. The van der Waals surface area contributed by atoms with E-state index in [0.29, 0.717) is 12.1 Å². The highest BCUT2D eigenvalue weighted by molar-refractivity contribution is 7.13. The summed E-state index contributed by atoms with van der Waals surface area (Å²) in [6.45, 7) is 0.408. The topological polar surface area (TPSA) is 98.3 Å². The molecule has 106 valence electrons. The molecule has 0 radical (unpaired) electrons. The van der Waals surface area contributed by atoms with Crippen molar-refractivity contribution >= 4 is 34.7 Å². The molecular formula is C11H16ClN3O3S. The van der Waals surface area contributed by atoms with Crippen LogP contribution in [0, 0.1) is 10.1 Å². The van der Waals surface area contributed by atoms with E-state index in [1.54, 1.807) is 0 Å². The number of hydrogen-bond donors (Lipinski definition) is 2. The second-order valence-corrected chi connectivity index (χ2v) is 5.47. The largest absolute Gasteiger partial charge is 0.345 e. The Balaban J connectivity index is 0.00000180. The van der Waals surface area contributed by atoms with Crippen LogP contribution in [0.1, 0.15) is 36.0 Å². The quantitative estimate of drug-likeness (QED) is 0.657. The van der Waals surface area contributed by atoms with E-state index in [1.807, 2.05) is 0 Å². The zero-order valence-electron chi connectivity index (χ0n) is 10.3. The van der Waals surface area contributed by atoms with Gasteiger partial charge in [0, 0.05) is 18.0 Å². The first kappa shape index (κ1) is 15.9. The second-order valence-electron chi connectivity index (χ2n) is 4.58. The van der Waals surface area contributed by atoms with Crippen molar-refractivity contribution in [2.45, 2.75) is 31.2 Å². The van der Waals surface area contributed by atoms with E-state index in [-0.39, 0.29) is 28.9 Å². The number of nitrogens with two attached hydrogens (primary N) is 1. The summed E-state index contributed by atoms with van der Waals surface area (Å²) in [5, 5.41) is 15.0. The van der Waals surface area contributed by atoms with E-state index in [2.05, 4.69) is 5.32 Å². The van der Waals surface area contributed by atoms with Crippen LogP contribution in [-0.4, -0.2) is 22.9 Å². The third kappa shape index (κ3) is 3.43. The maximum absolute atomic E-state index is 12.0. The van der Waals surface area contributed by atoms with Crippen molar-refractivity contribution in [1.29, 1.82) is 0 Å². The van der Waals surface area contributed by atoms with Crippen LogP contribution in [0.3, 0.4) is 0 Å². The van der Waals surface area contributed by atoms with E-state index in [0.717, 1.165) is 37.0 Å². The molecule has 1 aromatic rings. The maximum Gasteiger partial charge on any atom is 0.324 e.